The normalized spacial score (nSPS) is 14.9. The van der Waals surface area contributed by atoms with E-state index < -0.39 is 27.0 Å². The second-order valence-corrected chi connectivity index (χ2v) is 10.3. The van der Waals surface area contributed by atoms with Crippen LogP contribution in [0, 0.1) is 0 Å². The zero-order chi connectivity index (χ0) is 27.8. The van der Waals surface area contributed by atoms with E-state index in [0.29, 0.717) is 28.7 Å². The number of hydrogen-bond donors (Lipinski definition) is 0. The number of fused-ring (bicyclic) bond motifs is 1. The Labute approximate surface area is 221 Å². The van der Waals surface area contributed by atoms with Crippen LogP contribution in [0.5, 0.6) is 17.2 Å². The number of sulfonamides is 1. The number of piperazine rings is 1. The van der Waals surface area contributed by atoms with Crippen molar-refractivity contribution in [2.24, 2.45) is 0 Å². The minimum Gasteiger partial charge on any atom is -0.493 e. The zero-order valence-electron chi connectivity index (χ0n) is 20.8. The number of rotatable bonds is 7. The zero-order valence-corrected chi connectivity index (χ0v) is 21.6. The number of aromatic nitrogens is 4. The van der Waals surface area contributed by atoms with Gasteiger partial charge in [0.2, 0.25) is 10.0 Å². The predicted octanol–water partition coefficient (Wildman–Crippen LogP) is 3.22. The van der Waals surface area contributed by atoms with E-state index in [1.165, 1.54) is 32.7 Å². The van der Waals surface area contributed by atoms with E-state index in [-0.39, 0.29) is 26.2 Å². The maximum atomic E-state index is 13.3. The lowest BCUT2D eigenvalue weighted by Crippen LogP contribution is -2.49. The number of nitrogens with zero attached hydrogens (tertiary/aromatic N) is 6. The van der Waals surface area contributed by atoms with Crippen molar-refractivity contribution in [1.82, 2.24) is 23.9 Å². The van der Waals surface area contributed by atoms with Crippen molar-refractivity contribution in [1.29, 1.82) is 0 Å². The number of halogens is 3. The summed E-state index contributed by atoms with van der Waals surface area (Å²) in [6.07, 6.45) is -2.02. The topological polar surface area (TPSA) is 111 Å². The first-order valence-corrected chi connectivity index (χ1v) is 13.1. The summed E-state index contributed by atoms with van der Waals surface area (Å²) in [4.78, 5) is 9.92. The molecule has 11 nitrogen and oxygen atoms in total. The highest BCUT2D eigenvalue weighted by atomic mass is 32.2. The van der Waals surface area contributed by atoms with Crippen LogP contribution in [0.25, 0.3) is 16.9 Å². The van der Waals surface area contributed by atoms with Crippen molar-refractivity contribution in [3.8, 4) is 28.4 Å². The highest BCUT2D eigenvalue weighted by Crippen LogP contribution is 2.37. The number of anilines is 1. The Morgan fingerprint density at radius 2 is 1.62 bits per heavy atom. The van der Waals surface area contributed by atoms with Crippen LogP contribution in [-0.4, -0.2) is 79.1 Å². The van der Waals surface area contributed by atoms with E-state index in [9.17, 15) is 21.6 Å². The van der Waals surface area contributed by atoms with Gasteiger partial charge in [-0.25, -0.2) is 13.4 Å². The standard InChI is InChI=1S/C24H23F3N6O5S/c1-36-18-8-7-16(13-20(18)37-2)17-14-28-23-29-15-30-33(23)22(17)31-9-11-32(12-10-31)39(34,35)21-6-4-3-5-19(21)38-24(25,26)27/h3-8,13-15H,9-12H2,1-2H3. The Morgan fingerprint density at radius 1 is 0.897 bits per heavy atom. The van der Waals surface area contributed by atoms with Gasteiger partial charge in [-0.05, 0) is 29.8 Å². The number of para-hydroxylation sites is 1. The molecule has 0 N–H and O–H groups in total. The summed E-state index contributed by atoms with van der Waals surface area (Å²) in [5.41, 5.74) is 1.44. The summed E-state index contributed by atoms with van der Waals surface area (Å²) in [6, 6.07) is 10.1. The van der Waals surface area contributed by atoms with Gasteiger partial charge in [0.25, 0.3) is 5.78 Å². The number of benzene rings is 2. The first-order chi connectivity index (χ1) is 18.6. The summed E-state index contributed by atoms with van der Waals surface area (Å²) in [6.45, 7) is 0.459. The van der Waals surface area contributed by atoms with E-state index in [0.717, 1.165) is 22.0 Å². The van der Waals surface area contributed by atoms with Gasteiger partial charge in [0.05, 0.1) is 14.2 Å². The fourth-order valence-electron chi connectivity index (χ4n) is 4.43. The highest BCUT2D eigenvalue weighted by Gasteiger charge is 2.37. The molecule has 15 heteroatoms. The average Bonchev–Trinajstić information content (AvgIpc) is 3.40. The number of ether oxygens (including phenoxy) is 3. The summed E-state index contributed by atoms with van der Waals surface area (Å²) in [5, 5.41) is 4.31. The molecular weight excluding hydrogens is 541 g/mol. The molecule has 0 atom stereocenters. The summed E-state index contributed by atoms with van der Waals surface area (Å²) in [7, 11) is -1.22. The molecule has 0 spiro atoms. The van der Waals surface area contributed by atoms with E-state index in [2.05, 4.69) is 19.8 Å². The SMILES string of the molecule is COc1ccc(-c2cnc3ncnn3c2N2CCN(S(=O)(=O)c3ccccc3OC(F)(F)F)CC2)cc1OC. The molecule has 2 aromatic carbocycles. The van der Waals surface area contributed by atoms with Crippen molar-refractivity contribution >= 4 is 21.6 Å². The third-order valence-corrected chi connectivity index (χ3v) is 8.14. The Kier molecular flexibility index (Phi) is 6.94. The predicted molar refractivity (Wildman–Crippen MR) is 133 cm³/mol. The maximum absolute atomic E-state index is 13.3. The molecule has 39 heavy (non-hydrogen) atoms. The van der Waals surface area contributed by atoms with Gasteiger partial charge in [-0.2, -0.15) is 18.9 Å². The first-order valence-electron chi connectivity index (χ1n) is 11.6. The third-order valence-electron chi connectivity index (χ3n) is 6.21. The average molecular weight is 565 g/mol. The van der Waals surface area contributed by atoms with Gasteiger partial charge in [-0.15, -0.1) is 13.2 Å². The van der Waals surface area contributed by atoms with Crippen molar-refractivity contribution < 1.29 is 35.8 Å². The number of alkyl halides is 3. The fourth-order valence-corrected chi connectivity index (χ4v) is 5.97. The molecule has 2 aromatic heterocycles. The second kappa shape index (κ2) is 10.2. The van der Waals surface area contributed by atoms with Crippen molar-refractivity contribution in [2.75, 3.05) is 45.3 Å². The molecule has 0 unspecified atom stereocenters. The molecule has 0 amide bonds. The number of hydrogen-bond acceptors (Lipinski definition) is 9. The molecule has 4 aromatic rings. The van der Waals surface area contributed by atoms with Crippen molar-refractivity contribution in [3.63, 3.8) is 0 Å². The van der Waals surface area contributed by atoms with E-state index in [1.54, 1.807) is 22.8 Å². The van der Waals surface area contributed by atoms with Crippen LogP contribution in [0.15, 0.2) is 59.9 Å². The third kappa shape index (κ3) is 5.14. The Hall–Kier alpha value is -4.11. The molecule has 1 aliphatic heterocycles. The molecule has 0 aliphatic carbocycles. The summed E-state index contributed by atoms with van der Waals surface area (Å²) >= 11 is 0. The largest absolute Gasteiger partial charge is 0.573 e. The molecule has 5 rings (SSSR count). The molecule has 3 heterocycles. The molecule has 206 valence electrons. The molecular formula is C24H23F3N6O5S. The lowest BCUT2D eigenvalue weighted by Gasteiger charge is -2.36. The second-order valence-electron chi connectivity index (χ2n) is 8.42. The van der Waals surface area contributed by atoms with Crippen molar-refractivity contribution in [2.45, 2.75) is 11.3 Å². The lowest BCUT2D eigenvalue weighted by molar-refractivity contribution is -0.275. The molecule has 1 fully saturated rings. The molecule has 0 bridgehead atoms. The molecule has 1 saturated heterocycles. The van der Waals surface area contributed by atoms with Crippen LogP contribution in [0.2, 0.25) is 0 Å². The monoisotopic (exact) mass is 564 g/mol. The van der Waals surface area contributed by atoms with Crippen molar-refractivity contribution in [3.05, 3.63) is 55.0 Å². The van der Waals surface area contributed by atoms with Gasteiger partial charge in [-0.1, -0.05) is 18.2 Å². The van der Waals surface area contributed by atoms with Crippen LogP contribution >= 0.6 is 0 Å². The van der Waals surface area contributed by atoms with Crippen LogP contribution in [0.3, 0.4) is 0 Å². The molecule has 1 aliphatic rings. The summed E-state index contributed by atoms with van der Waals surface area (Å²) < 4.78 is 82.8. The maximum Gasteiger partial charge on any atom is 0.573 e. The minimum absolute atomic E-state index is 0.00652. The van der Waals surface area contributed by atoms with Crippen LogP contribution in [0.4, 0.5) is 19.0 Å². The van der Waals surface area contributed by atoms with Gasteiger partial charge >= 0.3 is 6.36 Å². The number of methoxy groups -OCH3 is 2. The van der Waals surface area contributed by atoms with Crippen LogP contribution < -0.4 is 19.1 Å². The van der Waals surface area contributed by atoms with Crippen LogP contribution in [0.1, 0.15) is 0 Å². The molecule has 0 saturated carbocycles. The first kappa shape index (κ1) is 26.5. The van der Waals surface area contributed by atoms with Gasteiger partial charge in [0.1, 0.15) is 22.8 Å². The smallest absolute Gasteiger partial charge is 0.493 e. The van der Waals surface area contributed by atoms with E-state index in [1.807, 2.05) is 11.0 Å². The lowest BCUT2D eigenvalue weighted by atomic mass is 10.1. The van der Waals surface area contributed by atoms with Gasteiger partial charge in [0.15, 0.2) is 11.5 Å². The van der Waals surface area contributed by atoms with Gasteiger partial charge in [-0.3, -0.25) is 0 Å². The van der Waals surface area contributed by atoms with Crippen LogP contribution in [-0.2, 0) is 10.0 Å². The van der Waals surface area contributed by atoms with E-state index in [4.69, 9.17) is 9.47 Å². The summed E-state index contributed by atoms with van der Waals surface area (Å²) in [5.74, 6) is 1.26. The van der Waals surface area contributed by atoms with E-state index >= 15 is 0 Å². The highest BCUT2D eigenvalue weighted by molar-refractivity contribution is 7.89. The Morgan fingerprint density at radius 3 is 2.31 bits per heavy atom. The minimum atomic E-state index is -5.03. The Bertz CT molecular complexity index is 1600. The van der Waals surface area contributed by atoms with Gasteiger partial charge < -0.3 is 19.1 Å². The fraction of sp³-hybridized carbons (Fsp3) is 0.292. The molecule has 0 radical (unpaired) electrons. The van der Waals surface area contributed by atoms with Gasteiger partial charge in [0, 0.05) is 37.9 Å². The quantitative estimate of drug-likeness (QED) is 0.334. The Balaban J connectivity index is 1.46.